The number of hydrogen-bond donors (Lipinski definition) is 0. The topological polar surface area (TPSA) is 0 Å². The Hall–Kier alpha value is -0.300. The minimum absolute atomic E-state index is 0.986. The summed E-state index contributed by atoms with van der Waals surface area (Å²) < 4.78 is 1.19. The van der Waals surface area contributed by atoms with E-state index in [2.05, 4.69) is 27.1 Å². The van der Waals surface area contributed by atoms with Gasteiger partial charge in [-0.1, -0.05) is 19.8 Å². The monoisotopic (exact) mass is 180 g/mol. The van der Waals surface area contributed by atoms with E-state index in [1.54, 1.807) is 5.57 Å². The molecule has 1 fully saturated rings. The molecule has 13 heavy (non-hydrogen) atoms. The largest absolute Gasteiger partial charge is 0.322 e. The maximum absolute atomic E-state index is 2.50. The first-order valence-corrected chi connectivity index (χ1v) is 5.63. The van der Waals surface area contributed by atoms with Gasteiger partial charge in [0.25, 0.3) is 0 Å². The van der Waals surface area contributed by atoms with Crippen molar-refractivity contribution in [2.75, 3.05) is 27.2 Å². The maximum atomic E-state index is 2.50. The summed E-state index contributed by atoms with van der Waals surface area (Å²) >= 11 is 0. The molecule has 2 aliphatic rings. The molecule has 0 bridgehead atoms. The van der Waals surface area contributed by atoms with E-state index in [0.717, 1.165) is 11.8 Å². The van der Waals surface area contributed by atoms with Crippen LogP contribution in [0.15, 0.2) is 11.6 Å². The lowest BCUT2D eigenvalue weighted by atomic mass is 10.1. The molecule has 2 rings (SSSR count). The van der Waals surface area contributed by atoms with Crippen LogP contribution in [0.5, 0.6) is 0 Å². The number of likely N-dealkylation sites (N-methyl/N-ethyl adjacent to an activating group) is 1. The van der Waals surface area contributed by atoms with Crippen LogP contribution in [0.4, 0.5) is 0 Å². The van der Waals surface area contributed by atoms with Crippen LogP contribution >= 0.6 is 0 Å². The molecule has 0 aromatic rings. The summed E-state index contributed by atoms with van der Waals surface area (Å²) in [6.07, 6.45) is 6.81. The molecule has 0 N–H and O–H groups in total. The van der Waals surface area contributed by atoms with Crippen molar-refractivity contribution < 1.29 is 4.48 Å². The van der Waals surface area contributed by atoms with Crippen molar-refractivity contribution in [1.29, 1.82) is 0 Å². The molecular weight excluding hydrogens is 158 g/mol. The van der Waals surface area contributed by atoms with Gasteiger partial charge in [-0.2, -0.15) is 0 Å². The summed E-state index contributed by atoms with van der Waals surface area (Å²) in [6.45, 7) is 4.87. The van der Waals surface area contributed by atoms with Gasteiger partial charge in [0.15, 0.2) is 0 Å². The van der Waals surface area contributed by atoms with E-state index in [0.29, 0.717) is 0 Å². The fourth-order valence-corrected chi connectivity index (χ4v) is 2.65. The lowest BCUT2D eigenvalue weighted by molar-refractivity contribution is -0.874. The Morgan fingerprint density at radius 3 is 2.77 bits per heavy atom. The summed E-state index contributed by atoms with van der Waals surface area (Å²) in [5, 5.41) is 0. The molecule has 0 saturated heterocycles. The Kier molecular flexibility index (Phi) is 2.23. The molecule has 74 valence electrons. The molecule has 0 radical (unpaired) electrons. The summed E-state index contributed by atoms with van der Waals surface area (Å²) in [5.74, 6) is 2.04. The molecule has 0 aromatic heterocycles. The zero-order valence-electron chi connectivity index (χ0n) is 9.21. The highest BCUT2D eigenvalue weighted by Crippen LogP contribution is 2.48. The van der Waals surface area contributed by atoms with Gasteiger partial charge < -0.3 is 4.48 Å². The minimum atomic E-state index is 0.986. The van der Waals surface area contributed by atoms with Gasteiger partial charge in [-0.25, -0.2) is 0 Å². The lowest BCUT2D eigenvalue weighted by Gasteiger charge is -2.23. The van der Waals surface area contributed by atoms with E-state index in [9.17, 15) is 0 Å². The van der Waals surface area contributed by atoms with Gasteiger partial charge in [0, 0.05) is 0 Å². The normalized spacial score (nSPS) is 36.1. The second-order valence-electron chi connectivity index (χ2n) is 5.45. The second kappa shape index (κ2) is 3.13. The number of hydrogen-bond acceptors (Lipinski definition) is 0. The average Bonchev–Trinajstić information content (AvgIpc) is 2.70. The van der Waals surface area contributed by atoms with Crippen molar-refractivity contribution in [1.82, 2.24) is 0 Å². The number of quaternary nitrogens is 1. The van der Waals surface area contributed by atoms with Crippen LogP contribution in [-0.2, 0) is 0 Å². The van der Waals surface area contributed by atoms with Crippen molar-refractivity contribution in [3.63, 3.8) is 0 Å². The summed E-state index contributed by atoms with van der Waals surface area (Å²) in [4.78, 5) is 0. The van der Waals surface area contributed by atoms with Crippen molar-refractivity contribution in [2.45, 2.75) is 26.2 Å². The van der Waals surface area contributed by atoms with Crippen LogP contribution in [0.2, 0.25) is 0 Å². The predicted octanol–water partition coefficient (Wildman–Crippen LogP) is 2.44. The van der Waals surface area contributed by atoms with Crippen molar-refractivity contribution >= 4 is 0 Å². The van der Waals surface area contributed by atoms with Crippen LogP contribution in [0.3, 0.4) is 0 Å². The Morgan fingerprint density at radius 1 is 1.46 bits per heavy atom. The molecule has 2 unspecified atom stereocenters. The zero-order chi connectivity index (χ0) is 9.47. The fourth-order valence-electron chi connectivity index (χ4n) is 2.65. The maximum Gasteiger partial charge on any atom is 0.101 e. The molecule has 0 spiro atoms. The van der Waals surface area contributed by atoms with Crippen molar-refractivity contribution in [2.24, 2.45) is 11.8 Å². The van der Waals surface area contributed by atoms with E-state index in [1.807, 2.05) is 0 Å². The van der Waals surface area contributed by atoms with Gasteiger partial charge >= 0.3 is 0 Å². The van der Waals surface area contributed by atoms with Gasteiger partial charge in [0.05, 0.1) is 20.6 Å². The van der Waals surface area contributed by atoms with Gasteiger partial charge in [-0.3, -0.25) is 0 Å². The summed E-state index contributed by atoms with van der Waals surface area (Å²) in [6, 6.07) is 0. The first kappa shape index (κ1) is 9.26. The van der Waals surface area contributed by atoms with Crippen LogP contribution in [-0.4, -0.2) is 31.7 Å². The highest BCUT2D eigenvalue weighted by Gasteiger charge is 2.42. The standard InChI is InChI=1S/C12H22N/c1-4-5-10-8-12(10)11-6-7-13(2,3)9-11/h6,10,12H,4-5,7-9H2,1-3H3/q+1. The first-order chi connectivity index (χ1) is 6.12. The number of nitrogens with zero attached hydrogens (tertiary/aromatic N) is 1. The Balaban J connectivity index is 1.85. The number of rotatable bonds is 3. The van der Waals surface area contributed by atoms with Crippen LogP contribution < -0.4 is 0 Å². The van der Waals surface area contributed by atoms with Gasteiger partial charge in [0.1, 0.15) is 6.54 Å². The quantitative estimate of drug-likeness (QED) is 0.462. The van der Waals surface area contributed by atoms with Crippen LogP contribution in [0, 0.1) is 11.8 Å². The van der Waals surface area contributed by atoms with Gasteiger partial charge in [-0.05, 0) is 29.9 Å². The molecule has 1 saturated carbocycles. The lowest BCUT2D eigenvalue weighted by Crippen LogP contribution is -2.37. The van der Waals surface area contributed by atoms with Crippen molar-refractivity contribution in [3.8, 4) is 0 Å². The molecular formula is C12H22N+. The van der Waals surface area contributed by atoms with E-state index in [4.69, 9.17) is 0 Å². The van der Waals surface area contributed by atoms with Crippen molar-refractivity contribution in [3.05, 3.63) is 11.6 Å². The van der Waals surface area contributed by atoms with Gasteiger partial charge in [0.2, 0.25) is 0 Å². The summed E-state index contributed by atoms with van der Waals surface area (Å²) in [7, 11) is 4.67. The highest BCUT2D eigenvalue weighted by molar-refractivity contribution is 5.18. The SMILES string of the molecule is CCCC1CC1C1=CC[N+](C)(C)C1. The smallest absolute Gasteiger partial charge is 0.101 e. The second-order valence-corrected chi connectivity index (χ2v) is 5.45. The first-order valence-electron chi connectivity index (χ1n) is 5.63. The molecule has 1 aliphatic carbocycles. The molecule has 0 aromatic carbocycles. The Bertz CT molecular complexity index is 227. The third-order valence-electron chi connectivity index (χ3n) is 3.52. The zero-order valence-corrected chi connectivity index (χ0v) is 9.21. The molecule has 2 atom stereocenters. The van der Waals surface area contributed by atoms with E-state index >= 15 is 0 Å². The third kappa shape index (κ3) is 1.96. The highest BCUT2D eigenvalue weighted by atomic mass is 15.3. The van der Waals surface area contributed by atoms with E-state index in [1.165, 1.54) is 36.8 Å². The molecule has 1 nitrogen and oxygen atoms in total. The predicted molar refractivity (Wildman–Crippen MR) is 56.4 cm³/mol. The average molecular weight is 180 g/mol. The Labute approximate surface area is 82.0 Å². The Morgan fingerprint density at radius 2 is 2.23 bits per heavy atom. The molecule has 1 heterocycles. The molecule has 1 heteroatoms. The minimum Gasteiger partial charge on any atom is -0.322 e. The fraction of sp³-hybridized carbons (Fsp3) is 0.833. The van der Waals surface area contributed by atoms with Crippen LogP contribution in [0.25, 0.3) is 0 Å². The molecule has 0 amide bonds. The summed E-state index contributed by atoms with van der Waals surface area (Å²) in [5.41, 5.74) is 1.77. The van der Waals surface area contributed by atoms with Gasteiger partial charge in [-0.15, -0.1) is 0 Å². The van der Waals surface area contributed by atoms with E-state index in [-0.39, 0.29) is 0 Å². The van der Waals surface area contributed by atoms with Crippen LogP contribution in [0.1, 0.15) is 26.2 Å². The van der Waals surface area contributed by atoms with E-state index < -0.39 is 0 Å². The third-order valence-corrected chi connectivity index (χ3v) is 3.52. The molecule has 1 aliphatic heterocycles.